The first-order chi connectivity index (χ1) is 17.8. The molecular weight excluding hydrogens is 520 g/mol. The number of hydrogen-bond donors (Lipinski definition) is 1. The van der Waals surface area contributed by atoms with E-state index in [9.17, 15) is 18.5 Å². The largest absolute Gasteiger partial charge is 0.497 e. The van der Waals surface area contributed by atoms with Crippen molar-refractivity contribution in [2.45, 2.75) is 11.3 Å². The normalized spacial score (nSPS) is 11.4. The summed E-state index contributed by atoms with van der Waals surface area (Å²) in [6.07, 6.45) is 1.36. The molecule has 0 saturated heterocycles. The van der Waals surface area contributed by atoms with Crippen molar-refractivity contribution in [3.63, 3.8) is 0 Å². The Morgan fingerprint density at radius 1 is 1.03 bits per heavy atom. The quantitative estimate of drug-likeness (QED) is 0.156. The number of hydrogen-bond acceptors (Lipinski definition) is 11. The molecule has 1 amide bonds. The van der Waals surface area contributed by atoms with Gasteiger partial charge in [0.1, 0.15) is 36.4 Å². The van der Waals surface area contributed by atoms with Gasteiger partial charge in [0, 0.05) is 0 Å². The molecule has 0 aliphatic carbocycles. The molecule has 13 heteroatoms. The molecule has 0 unspecified atom stereocenters. The van der Waals surface area contributed by atoms with Crippen molar-refractivity contribution in [1.82, 2.24) is 10.2 Å². The topological polar surface area (TPSA) is 150 Å². The van der Waals surface area contributed by atoms with Crippen molar-refractivity contribution >= 4 is 38.3 Å². The minimum absolute atomic E-state index is 0.0311. The number of ether oxygens (including phenoxy) is 4. The Balaban J connectivity index is 1.62. The molecule has 0 saturated carbocycles. The lowest BCUT2D eigenvalue weighted by molar-refractivity contribution is -0.112. The molecule has 37 heavy (non-hydrogen) atoms. The van der Waals surface area contributed by atoms with E-state index < -0.39 is 15.7 Å². The fourth-order valence-electron chi connectivity index (χ4n) is 2.87. The van der Waals surface area contributed by atoms with E-state index in [0.717, 1.165) is 5.75 Å². The summed E-state index contributed by atoms with van der Waals surface area (Å²) in [5.41, 5.74) is 0.288. The lowest BCUT2D eigenvalue weighted by Gasteiger charge is -2.12. The summed E-state index contributed by atoms with van der Waals surface area (Å²) >= 11 is 0.713. The van der Waals surface area contributed by atoms with Crippen LogP contribution in [0.5, 0.6) is 23.0 Å². The number of nitriles is 1. The third-order valence-corrected chi connectivity index (χ3v) is 7.82. The molecule has 0 atom stereocenters. The minimum atomic E-state index is -3.55. The first-order valence-corrected chi connectivity index (χ1v) is 13.3. The van der Waals surface area contributed by atoms with Crippen molar-refractivity contribution in [3.8, 4) is 29.1 Å². The Labute approximate surface area is 218 Å². The second kappa shape index (κ2) is 12.7. The second-order valence-corrected chi connectivity index (χ2v) is 10.6. The van der Waals surface area contributed by atoms with Crippen LogP contribution in [0, 0.1) is 11.3 Å². The SMILES string of the molecule is CCS(=O)(=O)c1nnc(NC(=O)/C(C#N)=C\c2ccc(OCCOc3ccc(OC)cc3)c(OC)c2)s1. The number of aromatic nitrogens is 2. The zero-order valence-electron chi connectivity index (χ0n) is 20.3. The maximum atomic E-state index is 12.5. The van der Waals surface area contributed by atoms with Gasteiger partial charge in [-0.15, -0.1) is 10.2 Å². The monoisotopic (exact) mass is 544 g/mol. The van der Waals surface area contributed by atoms with Crippen LogP contribution in [0.3, 0.4) is 0 Å². The molecule has 0 fully saturated rings. The van der Waals surface area contributed by atoms with E-state index in [-0.39, 0.29) is 27.4 Å². The summed E-state index contributed by atoms with van der Waals surface area (Å²) in [5.74, 6) is 1.37. The van der Waals surface area contributed by atoms with Crippen molar-refractivity contribution < 1.29 is 32.2 Å². The van der Waals surface area contributed by atoms with E-state index in [2.05, 4.69) is 15.5 Å². The van der Waals surface area contributed by atoms with Crippen molar-refractivity contribution in [2.24, 2.45) is 0 Å². The highest BCUT2D eigenvalue weighted by Gasteiger charge is 2.20. The van der Waals surface area contributed by atoms with Gasteiger partial charge >= 0.3 is 0 Å². The second-order valence-electron chi connectivity index (χ2n) is 7.18. The van der Waals surface area contributed by atoms with Gasteiger partial charge in [-0.1, -0.05) is 24.3 Å². The molecule has 194 valence electrons. The number of methoxy groups -OCH3 is 2. The lowest BCUT2D eigenvalue weighted by Crippen LogP contribution is -2.13. The smallest absolute Gasteiger partial charge is 0.268 e. The molecule has 1 N–H and O–H groups in total. The fourth-order valence-corrected chi connectivity index (χ4v) is 4.85. The van der Waals surface area contributed by atoms with Gasteiger partial charge in [-0.25, -0.2) is 8.42 Å². The van der Waals surface area contributed by atoms with Gasteiger partial charge in [0.2, 0.25) is 19.3 Å². The van der Waals surface area contributed by atoms with Crippen molar-refractivity contribution in [3.05, 3.63) is 53.6 Å². The van der Waals surface area contributed by atoms with Crippen LogP contribution in [0.25, 0.3) is 6.08 Å². The molecule has 3 aromatic rings. The summed E-state index contributed by atoms with van der Waals surface area (Å²) in [6, 6.07) is 13.9. The van der Waals surface area contributed by atoms with Gasteiger partial charge in [0.15, 0.2) is 11.5 Å². The molecule has 0 aliphatic rings. The zero-order valence-corrected chi connectivity index (χ0v) is 21.9. The van der Waals surface area contributed by atoms with Crippen LogP contribution in [0.1, 0.15) is 12.5 Å². The van der Waals surface area contributed by atoms with Gasteiger partial charge in [0.25, 0.3) is 5.91 Å². The van der Waals surface area contributed by atoms with E-state index in [0.29, 0.717) is 40.8 Å². The molecule has 3 rings (SSSR count). The lowest BCUT2D eigenvalue weighted by atomic mass is 10.1. The number of benzene rings is 2. The predicted octanol–water partition coefficient (Wildman–Crippen LogP) is 3.35. The van der Waals surface area contributed by atoms with E-state index in [4.69, 9.17) is 18.9 Å². The molecule has 2 aromatic carbocycles. The first kappa shape index (κ1) is 27.4. The average Bonchev–Trinajstić information content (AvgIpc) is 3.39. The number of nitrogens with zero attached hydrogens (tertiary/aromatic N) is 3. The summed E-state index contributed by atoms with van der Waals surface area (Å²) in [7, 11) is -0.487. The fraction of sp³-hybridized carbons (Fsp3) is 0.250. The summed E-state index contributed by atoms with van der Waals surface area (Å²) < 4.78 is 45.4. The van der Waals surface area contributed by atoms with Crippen molar-refractivity contribution in [1.29, 1.82) is 5.26 Å². The maximum absolute atomic E-state index is 12.5. The maximum Gasteiger partial charge on any atom is 0.268 e. The number of carbonyl (C=O) groups excluding carboxylic acids is 1. The molecule has 0 radical (unpaired) electrons. The number of rotatable bonds is 12. The van der Waals surface area contributed by atoms with Crippen LogP contribution in [0.4, 0.5) is 5.13 Å². The number of nitrogens with one attached hydrogen (secondary N) is 1. The number of anilines is 1. The van der Waals surface area contributed by atoms with E-state index >= 15 is 0 Å². The Morgan fingerprint density at radius 3 is 2.38 bits per heavy atom. The standard InChI is InChI=1S/C24H24N4O7S2/c1-4-37(30,31)24-28-27-23(36-24)26-22(29)17(15-25)13-16-5-10-20(21(14-16)33-3)35-12-11-34-19-8-6-18(32-2)7-9-19/h5-10,13-14H,4,11-12H2,1-3H3,(H,26,27,29)/b17-13-. The van der Waals surface area contributed by atoms with E-state index in [1.165, 1.54) is 20.1 Å². The Bertz CT molecular complexity index is 1410. The third kappa shape index (κ3) is 7.42. The van der Waals surface area contributed by atoms with Crippen molar-refractivity contribution in [2.75, 3.05) is 38.5 Å². The Morgan fingerprint density at radius 2 is 1.73 bits per heavy atom. The van der Waals surface area contributed by atoms with Crippen LogP contribution in [-0.4, -0.2) is 57.7 Å². The Kier molecular flexibility index (Phi) is 9.42. The molecule has 0 aliphatic heterocycles. The van der Waals surface area contributed by atoms with Crippen LogP contribution in [0.2, 0.25) is 0 Å². The van der Waals surface area contributed by atoms with E-state index in [1.54, 1.807) is 49.6 Å². The van der Waals surface area contributed by atoms with Gasteiger partial charge in [-0.05, 0) is 48.0 Å². The third-order valence-electron chi connectivity index (χ3n) is 4.81. The molecule has 0 bridgehead atoms. The molecule has 1 aromatic heterocycles. The molecule has 11 nitrogen and oxygen atoms in total. The average molecular weight is 545 g/mol. The number of carbonyl (C=O) groups is 1. The Hall–Kier alpha value is -4.15. The van der Waals surface area contributed by atoms with E-state index in [1.807, 2.05) is 6.07 Å². The van der Waals surface area contributed by atoms with Crippen LogP contribution in [-0.2, 0) is 14.6 Å². The molecular formula is C24H24N4O7S2. The van der Waals surface area contributed by atoms with Gasteiger partial charge in [0.05, 0.1) is 20.0 Å². The number of amides is 1. The van der Waals surface area contributed by atoms with Gasteiger partial charge in [-0.3, -0.25) is 10.1 Å². The van der Waals surface area contributed by atoms with Crippen LogP contribution >= 0.6 is 11.3 Å². The summed E-state index contributed by atoms with van der Waals surface area (Å²) in [4.78, 5) is 12.5. The van der Waals surface area contributed by atoms with Gasteiger partial charge in [-0.2, -0.15) is 5.26 Å². The molecule has 0 spiro atoms. The first-order valence-electron chi connectivity index (χ1n) is 10.9. The van der Waals surface area contributed by atoms with Crippen LogP contribution in [0.15, 0.2) is 52.4 Å². The highest BCUT2D eigenvalue weighted by molar-refractivity contribution is 7.93. The van der Waals surface area contributed by atoms with Gasteiger partial charge < -0.3 is 18.9 Å². The molecule has 1 heterocycles. The predicted molar refractivity (Wildman–Crippen MR) is 137 cm³/mol. The zero-order chi connectivity index (χ0) is 26.8. The number of sulfone groups is 1. The highest BCUT2D eigenvalue weighted by atomic mass is 32.2. The summed E-state index contributed by atoms with van der Waals surface area (Å²) in [5, 5.41) is 19.1. The highest BCUT2D eigenvalue weighted by Crippen LogP contribution is 2.29. The van der Waals surface area contributed by atoms with Crippen LogP contribution < -0.4 is 24.3 Å². The minimum Gasteiger partial charge on any atom is -0.497 e. The summed E-state index contributed by atoms with van der Waals surface area (Å²) in [6.45, 7) is 2.02.